The van der Waals surface area contributed by atoms with Gasteiger partial charge in [0.05, 0.1) is 13.2 Å². The summed E-state index contributed by atoms with van der Waals surface area (Å²) in [6, 6.07) is 13.6. The molecule has 2 rings (SSSR count). The van der Waals surface area contributed by atoms with Crippen molar-refractivity contribution in [1.82, 2.24) is 56.8 Å². The smallest absolute Gasteiger partial charge is 0.383 e. The van der Waals surface area contributed by atoms with Gasteiger partial charge in [0.1, 0.15) is 28.9 Å². The minimum absolute atomic E-state index is 0.0327. The van der Waals surface area contributed by atoms with E-state index in [1.807, 2.05) is 20.8 Å². The number of likely N-dealkylation sites (N-methyl/N-ethyl adjacent to an activating group) is 4. The summed E-state index contributed by atoms with van der Waals surface area (Å²) in [6.45, 7) is 25.5. The number of hydrogen-bond donors (Lipinski definition) is 9. The fourth-order valence-corrected chi connectivity index (χ4v) is 16.8. The summed E-state index contributed by atoms with van der Waals surface area (Å²) >= 11 is 0. The van der Waals surface area contributed by atoms with Crippen molar-refractivity contribution in [1.29, 1.82) is 0 Å². The Morgan fingerprint density at radius 1 is 0.348 bits per heavy atom. The molecule has 0 aliphatic carbocycles. The minimum atomic E-state index is -5.03. The molecule has 8 atom stereocenters. The average molecular weight is 1880 g/mol. The van der Waals surface area contributed by atoms with Crippen molar-refractivity contribution in [2.45, 2.75) is 268 Å². The number of carbonyl (C=O) groups excluding carboxylic acids is 12. The highest BCUT2D eigenvalue weighted by Crippen LogP contribution is 2.45. The first-order valence-corrected chi connectivity index (χ1v) is 47.6. The quantitative estimate of drug-likeness (QED) is 0.0219. The maximum Gasteiger partial charge on any atom is 0.422 e. The van der Waals surface area contributed by atoms with Crippen LogP contribution in [-0.2, 0) is 78.2 Å². The second kappa shape index (κ2) is 58.7. The number of Topliss-reactive ketones (excluding diaryl/α,β-unsaturated/α-hetero) is 5. The lowest BCUT2D eigenvalue weighted by Gasteiger charge is -2.36. The number of ether oxygens (including phenoxy) is 2. The van der Waals surface area contributed by atoms with Crippen LogP contribution in [0.5, 0.6) is 0 Å². The molecule has 8 unspecified atom stereocenters. The first-order chi connectivity index (χ1) is 61.6. The van der Waals surface area contributed by atoms with Gasteiger partial charge in [-0.05, 0) is 103 Å². The van der Waals surface area contributed by atoms with Crippen LogP contribution in [0, 0.1) is 62.6 Å². The van der Waals surface area contributed by atoms with E-state index in [4.69, 9.17) is 9.47 Å². The van der Waals surface area contributed by atoms with Gasteiger partial charge < -0.3 is 76.5 Å². The van der Waals surface area contributed by atoms with Crippen molar-refractivity contribution in [3.8, 4) is 0 Å². The Labute approximate surface area is 783 Å². The molecule has 9 N–H and O–H groups in total. The van der Waals surface area contributed by atoms with Crippen LogP contribution in [0.15, 0.2) is 60.7 Å². The number of aliphatic hydroxyl groups is 2. The normalized spacial score (nSPS) is 14.8. The Balaban J connectivity index is 2.76. The lowest BCUT2D eigenvalue weighted by molar-refractivity contribution is -0.271. The third-order valence-corrected chi connectivity index (χ3v) is 25.3. The van der Waals surface area contributed by atoms with Gasteiger partial charge >= 0.3 is 12.4 Å². The van der Waals surface area contributed by atoms with Gasteiger partial charge in [0.25, 0.3) is 0 Å². The van der Waals surface area contributed by atoms with Gasteiger partial charge in [0, 0.05) is 215 Å². The predicted octanol–water partition coefficient (Wildman–Crippen LogP) is 12.4. The third kappa shape index (κ3) is 43.6. The number of carbonyl (C=O) groups is 12. The Kier molecular flexibility index (Phi) is 53.5. The number of unbranched alkanes of at least 4 members (excludes halogenated alkanes) is 7. The number of halogens is 6. The molecule has 0 bridgehead atoms. The Morgan fingerprint density at radius 3 is 1.08 bits per heavy atom. The molecule has 754 valence electrons. The summed E-state index contributed by atoms with van der Waals surface area (Å²) in [4.78, 5) is 182. The molecule has 0 saturated heterocycles. The monoisotopic (exact) mass is 1880 g/mol. The van der Waals surface area contributed by atoms with Crippen LogP contribution in [0.2, 0.25) is 0 Å². The Hall–Kier alpha value is -7.66. The van der Waals surface area contributed by atoms with E-state index in [1.165, 1.54) is 92.7 Å². The molecule has 2 aromatic rings. The highest BCUT2D eigenvalue weighted by atomic mass is 19.4. The number of hydrogen-bond acceptors (Lipinski definition) is 20. The summed E-state index contributed by atoms with van der Waals surface area (Å²) in [7, 11) is 9.28. The van der Waals surface area contributed by atoms with E-state index >= 15 is 24.0 Å². The van der Waals surface area contributed by atoms with Gasteiger partial charge in [-0.25, -0.2) is 0 Å². The second-order valence-corrected chi connectivity index (χ2v) is 40.0. The van der Waals surface area contributed by atoms with Crippen LogP contribution >= 0.6 is 0 Å². The molecule has 0 spiro atoms. The van der Waals surface area contributed by atoms with Crippen molar-refractivity contribution in [3.63, 3.8) is 0 Å². The van der Waals surface area contributed by atoms with Crippen molar-refractivity contribution in [2.75, 3.05) is 154 Å². The number of amides is 7. The molecule has 0 fully saturated rings. The number of ketones is 5. The topological polar surface area (TPSA) is 361 Å². The van der Waals surface area contributed by atoms with Crippen LogP contribution in [0.1, 0.15) is 256 Å². The summed E-state index contributed by atoms with van der Waals surface area (Å²) in [5.41, 5.74) is -13.7. The molecule has 0 aromatic heterocycles. The molecule has 7 amide bonds. The third-order valence-electron chi connectivity index (χ3n) is 25.3. The molecule has 0 aliphatic heterocycles. The zero-order valence-electron chi connectivity index (χ0n) is 83.2. The Morgan fingerprint density at radius 2 is 0.659 bits per heavy atom. The van der Waals surface area contributed by atoms with Gasteiger partial charge in [-0.2, -0.15) is 26.3 Å². The molecule has 0 aliphatic rings. The zero-order chi connectivity index (χ0) is 100. The van der Waals surface area contributed by atoms with E-state index in [-0.39, 0.29) is 179 Å². The maximum atomic E-state index is 15.6. The fraction of sp³-hybridized carbons (Fsp3) is 0.758. The molecular weight excluding hydrogens is 1710 g/mol. The van der Waals surface area contributed by atoms with Crippen LogP contribution < -0.4 is 37.2 Å². The number of nitrogens with one attached hydrogen (secondary N) is 7. The van der Waals surface area contributed by atoms with Gasteiger partial charge in [0.2, 0.25) is 41.4 Å². The van der Waals surface area contributed by atoms with Gasteiger partial charge in [-0.3, -0.25) is 57.5 Å². The first-order valence-electron chi connectivity index (χ1n) is 47.6. The lowest BCUT2D eigenvalue weighted by atomic mass is 9.67. The maximum absolute atomic E-state index is 15.6. The van der Waals surface area contributed by atoms with Crippen LogP contribution in [0.3, 0.4) is 0 Å². The van der Waals surface area contributed by atoms with E-state index in [2.05, 4.69) is 37.2 Å². The largest absolute Gasteiger partial charge is 0.422 e. The average Bonchev–Trinajstić information content (AvgIpc) is 0.791. The fourth-order valence-electron chi connectivity index (χ4n) is 16.8. The first kappa shape index (κ1) is 120. The van der Waals surface area contributed by atoms with Gasteiger partial charge in [-0.1, -0.05) is 203 Å². The molecule has 0 saturated carbocycles. The number of alkyl halides is 6. The summed E-state index contributed by atoms with van der Waals surface area (Å²) in [5.74, 6) is -11.9. The van der Waals surface area contributed by atoms with Crippen molar-refractivity contribution < 1.29 is 104 Å². The minimum Gasteiger partial charge on any atom is -0.383 e. The molecule has 0 heterocycles. The van der Waals surface area contributed by atoms with E-state index in [0.29, 0.717) is 32.2 Å². The highest BCUT2D eigenvalue weighted by Gasteiger charge is 2.57. The number of nitrogens with zero attached hydrogens (tertiary/aromatic N) is 4. The number of benzene rings is 2. The summed E-state index contributed by atoms with van der Waals surface area (Å²) < 4.78 is 97.2. The lowest BCUT2D eigenvalue weighted by Crippen LogP contribution is -2.51. The second-order valence-electron chi connectivity index (χ2n) is 40.0. The van der Waals surface area contributed by atoms with Crippen molar-refractivity contribution in [2.24, 2.45) is 62.6 Å². The number of methoxy groups -OCH3 is 2. The van der Waals surface area contributed by atoms with E-state index in [9.17, 15) is 70.1 Å². The molecule has 27 nitrogen and oxygen atoms in total. The number of rotatable bonds is 72. The van der Waals surface area contributed by atoms with E-state index < -0.39 is 171 Å². The van der Waals surface area contributed by atoms with Crippen molar-refractivity contribution in [3.05, 3.63) is 71.8 Å². The van der Waals surface area contributed by atoms with Gasteiger partial charge in [-0.15, -0.1) is 0 Å². The molecule has 0 radical (unpaired) electrons. The zero-order valence-corrected chi connectivity index (χ0v) is 83.2. The van der Waals surface area contributed by atoms with Crippen LogP contribution in [0.4, 0.5) is 26.3 Å². The standard InChI is InChI=1S/C99H165F6N11O16/c1-21-25-28-36-43-106-83(121)60-72(64-92(7,8)82(120)59-75(89(127)110-44-37-29-26-22-2)67-95(13,14)86(124)73(61-84(122)108-47-55-131-19)65-93(9,10)80(118)57-71(24-4)87(125)112-48-56-132-20)79(117)68-91(5,6)63-74(88(126)111-46-50-114(16)52-54-116(18)70-97(130,99(103,104)105)78-40-34-31-35-41-78)58-81(119)94(11,12)66-76(90(128)109-42-27-23-3)62-85(123)107-45-49-113(15)51-53-115(17)69-96(129,98(100,101)102)77-38-32-30-33-39-77/h30-35,38-41,71-76,129-130H,21-29,36-37,42-70H2,1-20H3,(H,106,121)(H,107,123)(H,108,122)(H,109,128)(H,110,127)(H,111,126)(H,112,125). The molecular formula is C99H165F6N11O16. The van der Waals surface area contributed by atoms with E-state index in [0.717, 1.165) is 44.9 Å². The highest BCUT2D eigenvalue weighted by molar-refractivity contribution is 5.96. The van der Waals surface area contributed by atoms with Crippen LogP contribution in [-0.4, -0.2) is 266 Å². The molecule has 33 heteroatoms. The predicted molar refractivity (Wildman–Crippen MR) is 501 cm³/mol. The Bertz CT molecular complexity index is 3850. The summed E-state index contributed by atoms with van der Waals surface area (Å²) in [6.07, 6.45) is -4.96. The van der Waals surface area contributed by atoms with E-state index in [1.54, 1.807) is 106 Å². The van der Waals surface area contributed by atoms with Gasteiger partial charge in [0.15, 0.2) is 11.2 Å². The molecule has 132 heavy (non-hydrogen) atoms. The molecule has 2 aromatic carbocycles. The van der Waals surface area contributed by atoms with Crippen LogP contribution in [0.25, 0.3) is 0 Å². The van der Waals surface area contributed by atoms with Crippen molar-refractivity contribution >= 4 is 70.3 Å². The summed E-state index contributed by atoms with van der Waals surface area (Å²) in [5, 5.41) is 42.3. The SMILES string of the molecule is CCCCCCNC(=O)CC(CC(C)(C)C(=O)CC(CC(C)(C)C(=O)C(CC(=O)NCCOC)CC(C)(C)C(=O)CC(CC)C(=O)NCCOC)C(=O)NCCCCCC)C(=O)CC(C)(C)CC(CC(=O)C(C)(C)CC(CC(=O)NCCN(C)CCN(C)CC(O)(c1ccccc1)C(F)(F)F)C(=O)NCCCC)C(=O)NCCN(C)CCN(C)CC(O)(c1ccccc1)C(F)(F)F.